The number of halogens is 1. The Balaban J connectivity index is 2.29. The Hall–Kier alpha value is -2.05. The van der Waals surface area contributed by atoms with Gasteiger partial charge in [-0.15, -0.1) is 0 Å². The van der Waals surface area contributed by atoms with E-state index in [1.54, 1.807) is 24.3 Å². The van der Waals surface area contributed by atoms with Gasteiger partial charge in [0.05, 0.1) is 12.1 Å². The summed E-state index contributed by atoms with van der Waals surface area (Å²) in [7, 11) is 0. The molecule has 0 radical (unpaired) electrons. The molecule has 122 valence electrons. The van der Waals surface area contributed by atoms with E-state index in [1.165, 1.54) is 0 Å². The molecule has 0 aromatic heterocycles. The predicted octanol–water partition coefficient (Wildman–Crippen LogP) is 3.80. The van der Waals surface area contributed by atoms with Crippen molar-refractivity contribution in [3.63, 3.8) is 0 Å². The first kappa shape index (κ1) is 17.3. The van der Waals surface area contributed by atoms with E-state index < -0.39 is 22.9 Å². The Labute approximate surface area is 142 Å². The van der Waals surface area contributed by atoms with E-state index in [0.717, 1.165) is 4.90 Å². The van der Waals surface area contributed by atoms with Crippen molar-refractivity contribution in [2.75, 3.05) is 6.61 Å². The number of benzene rings is 1. The Morgan fingerprint density at radius 2 is 2.09 bits per heavy atom. The fourth-order valence-electron chi connectivity index (χ4n) is 2.45. The summed E-state index contributed by atoms with van der Waals surface area (Å²) in [5, 5.41) is 3.72. The summed E-state index contributed by atoms with van der Waals surface area (Å²) in [5.74, 6) is -0.396. The minimum atomic E-state index is -0.854. The molecule has 7 nitrogen and oxygen atoms in total. The van der Waals surface area contributed by atoms with Gasteiger partial charge in [0.15, 0.2) is 0 Å². The van der Waals surface area contributed by atoms with Crippen molar-refractivity contribution >= 4 is 27.9 Å². The van der Waals surface area contributed by atoms with Gasteiger partial charge in [-0.25, -0.2) is 9.69 Å². The van der Waals surface area contributed by atoms with Crippen LogP contribution in [0.4, 0.5) is 4.79 Å². The molecule has 1 aromatic carbocycles. The van der Waals surface area contributed by atoms with Gasteiger partial charge in [-0.2, -0.15) is 0 Å². The lowest BCUT2D eigenvalue weighted by atomic mass is 10.0. The van der Waals surface area contributed by atoms with Gasteiger partial charge in [0.25, 0.3) is 0 Å². The third-order valence-corrected chi connectivity index (χ3v) is 4.64. The van der Waals surface area contributed by atoms with Crippen LogP contribution in [0, 0.1) is 5.92 Å². The van der Waals surface area contributed by atoms with Crippen LogP contribution in [0.3, 0.4) is 0 Å². The molecule has 8 heteroatoms. The number of carbonyl (C=O) groups is 2. The van der Waals surface area contributed by atoms with Gasteiger partial charge in [0.1, 0.15) is 11.4 Å². The van der Waals surface area contributed by atoms with E-state index in [4.69, 9.17) is 10.3 Å². The van der Waals surface area contributed by atoms with E-state index in [0.29, 0.717) is 5.56 Å². The van der Waals surface area contributed by atoms with Crippen molar-refractivity contribution in [2.45, 2.75) is 30.8 Å². The van der Waals surface area contributed by atoms with Crippen molar-refractivity contribution in [1.82, 2.24) is 4.90 Å². The first-order valence-electron chi connectivity index (χ1n) is 7.20. The highest BCUT2D eigenvalue weighted by atomic mass is 79.9. The van der Waals surface area contributed by atoms with E-state index in [9.17, 15) is 9.59 Å². The fraction of sp³-hybridized carbons (Fsp3) is 0.467. The second-order valence-corrected chi connectivity index (χ2v) is 6.55. The van der Waals surface area contributed by atoms with Crippen LogP contribution in [-0.2, 0) is 9.53 Å². The third-order valence-electron chi connectivity index (χ3n) is 3.74. The lowest BCUT2D eigenvalue weighted by Crippen LogP contribution is -2.46. The van der Waals surface area contributed by atoms with Crippen LogP contribution in [0.1, 0.15) is 25.5 Å². The van der Waals surface area contributed by atoms with Gasteiger partial charge in [-0.05, 0) is 17.0 Å². The molecule has 23 heavy (non-hydrogen) atoms. The maximum absolute atomic E-state index is 12.8. The predicted molar refractivity (Wildman–Crippen MR) is 87.9 cm³/mol. The maximum Gasteiger partial charge on any atom is 0.417 e. The number of cyclic esters (lactones) is 1. The molecule has 0 N–H and O–H groups in total. The molecule has 3 atom stereocenters. The van der Waals surface area contributed by atoms with Gasteiger partial charge in [-0.3, -0.25) is 4.79 Å². The number of imide groups is 1. The molecule has 0 unspecified atom stereocenters. The van der Waals surface area contributed by atoms with E-state index in [1.807, 2.05) is 19.9 Å². The van der Waals surface area contributed by atoms with Crippen LogP contribution >= 0.6 is 15.9 Å². The van der Waals surface area contributed by atoms with Gasteiger partial charge in [0, 0.05) is 4.91 Å². The zero-order chi connectivity index (χ0) is 17.0. The van der Waals surface area contributed by atoms with Gasteiger partial charge >= 0.3 is 6.09 Å². The number of ether oxygens (including phenoxy) is 1. The Morgan fingerprint density at radius 1 is 1.43 bits per heavy atom. The number of alkyl halides is 1. The zero-order valence-corrected chi connectivity index (χ0v) is 14.4. The Bertz CT molecular complexity index is 631. The second kappa shape index (κ2) is 7.48. The van der Waals surface area contributed by atoms with Crippen molar-refractivity contribution < 1.29 is 14.3 Å². The van der Waals surface area contributed by atoms with Crippen LogP contribution < -0.4 is 0 Å². The molecular formula is C15H17BrN4O3. The Morgan fingerprint density at radius 3 is 2.65 bits per heavy atom. The van der Waals surface area contributed by atoms with Crippen LogP contribution in [0.2, 0.25) is 0 Å². The molecule has 2 amide bonds. The summed E-state index contributed by atoms with van der Waals surface area (Å²) < 4.78 is 5.00. The molecule has 0 spiro atoms. The molecule has 1 aliphatic heterocycles. The van der Waals surface area contributed by atoms with Crippen LogP contribution in [-0.4, -0.2) is 34.4 Å². The summed E-state index contributed by atoms with van der Waals surface area (Å²) in [5.41, 5.74) is 9.50. The first-order chi connectivity index (χ1) is 11.0. The van der Waals surface area contributed by atoms with Crippen molar-refractivity contribution in [2.24, 2.45) is 11.0 Å². The average Bonchev–Trinajstić information content (AvgIpc) is 2.94. The lowest BCUT2D eigenvalue weighted by molar-refractivity contribution is -0.129. The summed E-state index contributed by atoms with van der Waals surface area (Å²) >= 11 is 3.30. The van der Waals surface area contributed by atoms with Gasteiger partial charge in [-0.1, -0.05) is 65.2 Å². The summed E-state index contributed by atoms with van der Waals surface area (Å²) in [6.45, 7) is 4.01. The molecule has 1 fully saturated rings. The number of nitrogens with zero attached hydrogens (tertiary/aromatic N) is 4. The summed E-state index contributed by atoms with van der Waals surface area (Å²) in [6, 6.07) is 7.87. The number of hydrogen-bond donors (Lipinski definition) is 0. The van der Waals surface area contributed by atoms with E-state index in [2.05, 4.69) is 26.0 Å². The lowest BCUT2D eigenvalue weighted by Gasteiger charge is -2.26. The van der Waals surface area contributed by atoms with Gasteiger partial charge < -0.3 is 4.74 Å². The van der Waals surface area contributed by atoms with Crippen LogP contribution in [0.25, 0.3) is 10.4 Å². The maximum atomic E-state index is 12.8. The van der Waals surface area contributed by atoms with Crippen molar-refractivity contribution in [3.8, 4) is 0 Å². The highest BCUT2D eigenvalue weighted by Gasteiger charge is 2.43. The fourth-order valence-corrected chi connectivity index (χ4v) is 3.08. The summed E-state index contributed by atoms with van der Waals surface area (Å²) in [6.07, 6.45) is -0.661. The molecule has 1 aliphatic rings. The molecule has 0 saturated carbocycles. The molecular weight excluding hydrogens is 364 g/mol. The molecule has 1 saturated heterocycles. The highest BCUT2D eigenvalue weighted by molar-refractivity contribution is 9.10. The SMILES string of the molecule is CC(C)[C@H]1COC(=O)N1C(=O)[C@@H](Br)[C@@H](N=[N+]=[N-])c1ccccc1. The minimum Gasteiger partial charge on any atom is -0.447 e. The number of rotatable bonds is 5. The number of azide groups is 1. The quantitative estimate of drug-likeness (QED) is 0.336. The van der Waals surface area contributed by atoms with Crippen molar-refractivity contribution in [1.29, 1.82) is 0 Å². The van der Waals surface area contributed by atoms with Crippen molar-refractivity contribution in [3.05, 3.63) is 46.3 Å². The number of amides is 2. The smallest absolute Gasteiger partial charge is 0.417 e. The van der Waals surface area contributed by atoms with Crippen LogP contribution in [0.15, 0.2) is 35.4 Å². The minimum absolute atomic E-state index is 0.0692. The molecule has 0 bridgehead atoms. The Kier molecular flexibility index (Phi) is 5.63. The summed E-state index contributed by atoms with van der Waals surface area (Å²) in [4.78, 5) is 27.8. The normalized spacial score (nSPS) is 19.9. The standard InChI is InChI=1S/C15H17BrN4O3/c1-9(2)11-8-23-15(22)20(11)14(21)12(16)13(18-19-17)10-6-4-3-5-7-10/h3-7,9,11-13H,8H2,1-2H3/t11-,12+,13+/m1/s1. The monoisotopic (exact) mass is 380 g/mol. The largest absolute Gasteiger partial charge is 0.447 e. The molecule has 1 aromatic rings. The molecule has 0 aliphatic carbocycles. The zero-order valence-electron chi connectivity index (χ0n) is 12.8. The molecule has 2 rings (SSSR count). The third kappa shape index (κ3) is 3.65. The highest BCUT2D eigenvalue weighted by Crippen LogP contribution is 2.31. The first-order valence-corrected chi connectivity index (χ1v) is 8.12. The molecule has 1 heterocycles. The topological polar surface area (TPSA) is 95.4 Å². The number of hydrogen-bond acceptors (Lipinski definition) is 4. The van der Waals surface area contributed by atoms with Gasteiger partial charge in [0.2, 0.25) is 5.91 Å². The van der Waals surface area contributed by atoms with Crippen LogP contribution in [0.5, 0.6) is 0 Å². The average molecular weight is 381 g/mol. The van der Waals surface area contributed by atoms with E-state index in [-0.39, 0.29) is 18.6 Å². The second-order valence-electron chi connectivity index (χ2n) is 5.56. The van der Waals surface area contributed by atoms with E-state index >= 15 is 0 Å². The number of carbonyl (C=O) groups excluding carboxylic acids is 2.